The van der Waals surface area contributed by atoms with E-state index >= 15 is 0 Å². The van der Waals surface area contributed by atoms with Crippen molar-refractivity contribution < 1.29 is 27.4 Å². The third-order valence-electron chi connectivity index (χ3n) is 2.45. The Morgan fingerprint density at radius 3 is 2.62 bits per heavy atom. The lowest BCUT2D eigenvalue weighted by molar-refractivity contribution is -0.137. The minimum atomic E-state index is -4.50. The van der Waals surface area contributed by atoms with Gasteiger partial charge in [0.25, 0.3) is 0 Å². The smallest absolute Gasteiger partial charge is 0.416 e. The Bertz CT molecular complexity index is 480. The van der Waals surface area contributed by atoms with Crippen molar-refractivity contribution in [2.24, 2.45) is 0 Å². The number of rotatable bonds is 7. The van der Waals surface area contributed by atoms with Crippen LogP contribution in [0.3, 0.4) is 0 Å². The first-order chi connectivity index (χ1) is 9.88. The molecular weight excluding hydrogens is 311 g/mol. The van der Waals surface area contributed by atoms with E-state index in [-0.39, 0.29) is 37.0 Å². The van der Waals surface area contributed by atoms with Crippen LogP contribution >= 0.6 is 11.6 Å². The Labute approximate surface area is 125 Å². The van der Waals surface area contributed by atoms with Crippen LogP contribution in [0.4, 0.5) is 18.9 Å². The summed E-state index contributed by atoms with van der Waals surface area (Å²) in [6, 6.07) is 2.88. The summed E-state index contributed by atoms with van der Waals surface area (Å²) in [7, 11) is 1.47. The zero-order valence-electron chi connectivity index (χ0n) is 11.3. The van der Waals surface area contributed by atoms with Crippen molar-refractivity contribution in [2.75, 3.05) is 31.5 Å². The van der Waals surface area contributed by atoms with Gasteiger partial charge < -0.3 is 14.8 Å². The lowest BCUT2D eigenvalue weighted by Gasteiger charge is -2.15. The second kappa shape index (κ2) is 8.09. The fraction of sp³-hybridized carbons (Fsp3) is 0.462. The maximum Gasteiger partial charge on any atom is 0.416 e. The van der Waals surface area contributed by atoms with E-state index in [4.69, 9.17) is 21.1 Å². The number of carbonyl (C=O) groups excluding carboxylic acids is 1. The molecule has 0 aliphatic rings. The van der Waals surface area contributed by atoms with E-state index in [1.54, 1.807) is 0 Å². The topological polar surface area (TPSA) is 47.6 Å². The molecule has 0 heterocycles. The molecule has 0 spiro atoms. The fourth-order valence-corrected chi connectivity index (χ4v) is 1.63. The molecule has 0 fully saturated rings. The van der Waals surface area contributed by atoms with Gasteiger partial charge in [-0.3, -0.25) is 4.79 Å². The Kier molecular flexibility index (Phi) is 6.77. The molecule has 118 valence electrons. The summed E-state index contributed by atoms with van der Waals surface area (Å²) < 4.78 is 48.2. The molecule has 0 unspecified atom stereocenters. The Balaban J connectivity index is 2.97. The third-order valence-corrected chi connectivity index (χ3v) is 2.64. The van der Waals surface area contributed by atoms with Crippen molar-refractivity contribution in [3.63, 3.8) is 0 Å². The van der Waals surface area contributed by atoms with Gasteiger partial charge in [0, 0.05) is 19.4 Å². The molecule has 1 rings (SSSR count). The average molecular weight is 326 g/mol. The van der Waals surface area contributed by atoms with Crippen molar-refractivity contribution in [1.29, 1.82) is 0 Å². The van der Waals surface area contributed by atoms with Crippen molar-refractivity contribution in [3.8, 4) is 5.75 Å². The van der Waals surface area contributed by atoms with Crippen LogP contribution in [0.2, 0.25) is 0 Å². The number of carbonyl (C=O) groups is 1. The van der Waals surface area contributed by atoms with E-state index in [0.29, 0.717) is 0 Å². The molecule has 0 aromatic heterocycles. The number of anilines is 1. The number of ether oxygens (including phenoxy) is 2. The van der Waals surface area contributed by atoms with Gasteiger partial charge in [0.1, 0.15) is 12.4 Å². The first-order valence-corrected chi connectivity index (χ1v) is 6.60. The van der Waals surface area contributed by atoms with Gasteiger partial charge in [-0.15, -0.1) is 11.6 Å². The van der Waals surface area contributed by atoms with Crippen LogP contribution in [-0.4, -0.2) is 32.1 Å². The fourth-order valence-electron chi connectivity index (χ4n) is 1.46. The van der Waals surface area contributed by atoms with Crippen LogP contribution in [0.25, 0.3) is 0 Å². The molecule has 0 aliphatic heterocycles. The van der Waals surface area contributed by atoms with Gasteiger partial charge in [0.2, 0.25) is 5.91 Å². The van der Waals surface area contributed by atoms with E-state index in [1.807, 2.05) is 0 Å². The highest BCUT2D eigenvalue weighted by Crippen LogP contribution is 2.35. The second-order valence-corrected chi connectivity index (χ2v) is 4.42. The number of halogens is 4. The highest BCUT2D eigenvalue weighted by molar-refractivity contribution is 6.19. The van der Waals surface area contributed by atoms with Crippen LogP contribution in [-0.2, 0) is 15.7 Å². The predicted molar refractivity (Wildman–Crippen MR) is 72.8 cm³/mol. The van der Waals surface area contributed by atoms with Crippen molar-refractivity contribution in [3.05, 3.63) is 23.8 Å². The Morgan fingerprint density at radius 2 is 2.05 bits per heavy atom. The predicted octanol–water partition coefficient (Wildman–Crippen LogP) is 3.30. The van der Waals surface area contributed by atoms with E-state index in [9.17, 15) is 18.0 Å². The lowest BCUT2D eigenvalue weighted by atomic mass is 10.1. The van der Waals surface area contributed by atoms with E-state index < -0.39 is 17.6 Å². The number of hydrogen-bond acceptors (Lipinski definition) is 3. The molecule has 0 saturated carbocycles. The molecule has 21 heavy (non-hydrogen) atoms. The zero-order chi connectivity index (χ0) is 15.9. The number of hydrogen-bond donors (Lipinski definition) is 1. The summed E-state index contributed by atoms with van der Waals surface area (Å²) >= 11 is 5.42. The number of benzene rings is 1. The zero-order valence-corrected chi connectivity index (χ0v) is 12.1. The van der Waals surface area contributed by atoms with Gasteiger partial charge in [-0.2, -0.15) is 13.2 Å². The van der Waals surface area contributed by atoms with Crippen molar-refractivity contribution >= 4 is 23.2 Å². The standard InChI is InChI=1S/C13H15ClF3NO3/c1-20-6-7-21-11-3-2-9(13(15,16)17)8-10(11)18-12(19)4-5-14/h2-3,8H,4-7H2,1H3,(H,18,19). The number of nitrogens with one attached hydrogen (secondary N) is 1. The summed E-state index contributed by atoms with van der Waals surface area (Å²) in [4.78, 5) is 11.5. The molecule has 0 saturated heterocycles. The Morgan fingerprint density at radius 1 is 1.33 bits per heavy atom. The molecule has 8 heteroatoms. The molecule has 0 radical (unpaired) electrons. The van der Waals surface area contributed by atoms with Crippen LogP contribution in [0.15, 0.2) is 18.2 Å². The summed E-state index contributed by atoms with van der Waals surface area (Å²) in [5, 5.41) is 2.36. The van der Waals surface area contributed by atoms with Crippen LogP contribution in [0, 0.1) is 0 Å². The average Bonchev–Trinajstić information content (AvgIpc) is 2.39. The van der Waals surface area contributed by atoms with Crippen molar-refractivity contribution in [2.45, 2.75) is 12.6 Å². The second-order valence-electron chi connectivity index (χ2n) is 4.04. The van der Waals surface area contributed by atoms with Gasteiger partial charge in [-0.1, -0.05) is 0 Å². The van der Waals surface area contributed by atoms with Gasteiger partial charge >= 0.3 is 6.18 Å². The van der Waals surface area contributed by atoms with Gasteiger partial charge in [-0.05, 0) is 18.2 Å². The van der Waals surface area contributed by atoms with Crippen LogP contribution in [0.1, 0.15) is 12.0 Å². The SMILES string of the molecule is COCCOc1ccc(C(F)(F)F)cc1NC(=O)CCCl. The number of methoxy groups -OCH3 is 1. The third kappa shape index (κ3) is 5.81. The van der Waals surface area contributed by atoms with Gasteiger partial charge in [0.05, 0.1) is 17.9 Å². The summed E-state index contributed by atoms with van der Waals surface area (Å²) in [6.07, 6.45) is -4.51. The highest BCUT2D eigenvalue weighted by atomic mass is 35.5. The maximum absolute atomic E-state index is 12.7. The number of amides is 1. The van der Waals surface area contributed by atoms with Gasteiger partial charge in [0.15, 0.2) is 0 Å². The quantitative estimate of drug-likeness (QED) is 0.618. The van der Waals surface area contributed by atoms with E-state index in [1.165, 1.54) is 7.11 Å². The molecule has 4 nitrogen and oxygen atoms in total. The first kappa shape index (κ1) is 17.6. The molecule has 0 bridgehead atoms. The van der Waals surface area contributed by atoms with E-state index in [0.717, 1.165) is 18.2 Å². The molecule has 0 aliphatic carbocycles. The molecule has 1 aromatic rings. The molecule has 1 amide bonds. The first-order valence-electron chi connectivity index (χ1n) is 6.07. The summed E-state index contributed by atoms with van der Waals surface area (Å²) in [5.74, 6) is -0.270. The van der Waals surface area contributed by atoms with Crippen molar-refractivity contribution in [1.82, 2.24) is 0 Å². The minimum absolute atomic E-state index is 0.00465. The molecule has 1 aromatic carbocycles. The lowest BCUT2D eigenvalue weighted by Crippen LogP contribution is -2.15. The summed E-state index contributed by atoms with van der Waals surface area (Å²) in [6.45, 7) is 0.427. The van der Waals surface area contributed by atoms with Crippen LogP contribution in [0.5, 0.6) is 5.75 Å². The highest BCUT2D eigenvalue weighted by Gasteiger charge is 2.31. The molecule has 0 atom stereocenters. The maximum atomic E-state index is 12.7. The Hall–Kier alpha value is -1.47. The monoisotopic (exact) mass is 325 g/mol. The van der Waals surface area contributed by atoms with E-state index in [2.05, 4.69) is 5.32 Å². The molecule has 1 N–H and O–H groups in total. The van der Waals surface area contributed by atoms with Crippen LogP contribution < -0.4 is 10.1 Å². The normalized spacial score (nSPS) is 11.3. The largest absolute Gasteiger partial charge is 0.489 e. The summed E-state index contributed by atoms with van der Waals surface area (Å²) in [5.41, 5.74) is -0.918. The number of alkyl halides is 4. The minimum Gasteiger partial charge on any atom is -0.489 e. The van der Waals surface area contributed by atoms with Gasteiger partial charge in [-0.25, -0.2) is 0 Å². The molecular formula is C13H15ClF3NO3.